The molecule has 1 aromatic rings. The Bertz CT molecular complexity index is 482. The van der Waals surface area contributed by atoms with Crippen molar-refractivity contribution in [3.8, 4) is 0 Å². The van der Waals surface area contributed by atoms with E-state index in [1.54, 1.807) is 0 Å². The maximum absolute atomic E-state index is 12.1. The van der Waals surface area contributed by atoms with E-state index >= 15 is 0 Å². The van der Waals surface area contributed by atoms with Gasteiger partial charge in [0, 0.05) is 13.1 Å². The number of rotatable bonds is 2. The van der Waals surface area contributed by atoms with Gasteiger partial charge in [0.05, 0.1) is 13.2 Å². The highest BCUT2D eigenvalue weighted by Crippen LogP contribution is 2.40. The molecule has 1 aromatic carbocycles. The predicted molar refractivity (Wildman–Crippen MR) is 71.1 cm³/mol. The monoisotopic (exact) mass is 261 g/mol. The molecule has 0 bridgehead atoms. The summed E-state index contributed by atoms with van der Waals surface area (Å²) in [5, 5.41) is 9.91. The van der Waals surface area contributed by atoms with Crippen molar-refractivity contribution in [2.45, 2.75) is 24.8 Å². The third-order valence-corrected chi connectivity index (χ3v) is 4.35. The lowest BCUT2D eigenvalue weighted by Gasteiger charge is -2.45. The average Bonchev–Trinajstić information content (AvgIpc) is 2.47. The molecule has 1 aliphatic heterocycles. The Morgan fingerprint density at radius 2 is 2.00 bits per heavy atom. The highest BCUT2D eigenvalue weighted by atomic mass is 16.5. The Labute approximate surface area is 113 Å². The third-order valence-electron chi connectivity index (χ3n) is 4.35. The van der Waals surface area contributed by atoms with Crippen molar-refractivity contribution in [2.24, 2.45) is 0 Å². The molecule has 1 atom stereocenters. The summed E-state index contributed by atoms with van der Waals surface area (Å²) in [5.41, 5.74) is 1.32. The van der Waals surface area contributed by atoms with E-state index in [-0.39, 0.29) is 0 Å². The van der Waals surface area contributed by atoms with Crippen molar-refractivity contribution >= 4 is 5.97 Å². The number of hydrogen-bond acceptors (Lipinski definition) is 3. The van der Waals surface area contributed by atoms with Crippen LogP contribution >= 0.6 is 0 Å². The first-order chi connectivity index (χ1) is 9.25. The number of benzene rings is 1. The Balaban J connectivity index is 2.08. The molecular formula is C15H19NO3. The Morgan fingerprint density at radius 1 is 1.26 bits per heavy atom. The van der Waals surface area contributed by atoms with E-state index in [4.69, 9.17) is 4.74 Å². The van der Waals surface area contributed by atoms with Crippen molar-refractivity contribution in [1.82, 2.24) is 4.90 Å². The van der Waals surface area contributed by atoms with Crippen LogP contribution in [0.25, 0.3) is 0 Å². The number of aliphatic carboxylic acids is 1. The maximum atomic E-state index is 12.1. The molecule has 1 N–H and O–H groups in total. The number of carbonyl (C=O) groups is 1. The molecule has 4 heteroatoms. The first kappa shape index (κ1) is 12.6. The fourth-order valence-corrected chi connectivity index (χ4v) is 3.44. The van der Waals surface area contributed by atoms with Crippen LogP contribution in [0.4, 0.5) is 0 Å². The van der Waals surface area contributed by atoms with Gasteiger partial charge in [0.25, 0.3) is 0 Å². The highest BCUT2D eigenvalue weighted by Gasteiger charge is 2.48. The SMILES string of the molecule is O=C(O)C1(N2CCOCC2)CCCc2ccccc21. The molecule has 1 fully saturated rings. The minimum absolute atomic E-state index is 0.622. The van der Waals surface area contributed by atoms with Gasteiger partial charge in [0.1, 0.15) is 5.54 Å². The molecule has 1 aliphatic carbocycles. The van der Waals surface area contributed by atoms with Crippen molar-refractivity contribution in [3.63, 3.8) is 0 Å². The molecule has 1 saturated heterocycles. The van der Waals surface area contributed by atoms with Crippen molar-refractivity contribution < 1.29 is 14.6 Å². The number of hydrogen-bond donors (Lipinski definition) is 1. The van der Waals surface area contributed by atoms with Crippen LogP contribution < -0.4 is 0 Å². The van der Waals surface area contributed by atoms with E-state index < -0.39 is 11.5 Å². The van der Waals surface area contributed by atoms with Crippen LogP contribution in [0.5, 0.6) is 0 Å². The molecule has 19 heavy (non-hydrogen) atoms. The van der Waals surface area contributed by atoms with E-state index in [9.17, 15) is 9.90 Å². The van der Waals surface area contributed by atoms with Crippen molar-refractivity contribution in [3.05, 3.63) is 35.4 Å². The van der Waals surface area contributed by atoms with Crippen LogP contribution in [0.2, 0.25) is 0 Å². The summed E-state index contributed by atoms with van der Waals surface area (Å²) in [7, 11) is 0. The number of fused-ring (bicyclic) bond motifs is 1. The third kappa shape index (κ3) is 1.95. The highest BCUT2D eigenvalue weighted by molar-refractivity contribution is 5.82. The van der Waals surface area contributed by atoms with Gasteiger partial charge in [-0.15, -0.1) is 0 Å². The van der Waals surface area contributed by atoms with Gasteiger partial charge in [0.15, 0.2) is 0 Å². The fraction of sp³-hybridized carbons (Fsp3) is 0.533. The lowest BCUT2D eigenvalue weighted by molar-refractivity contribution is -0.157. The first-order valence-corrected chi connectivity index (χ1v) is 6.90. The Hall–Kier alpha value is -1.39. The Morgan fingerprint density at radius 3 is 2.74 bits per heavy atom. The predicted octanol–water partition coefficient (Wildman–Crippen LogP) is 1.63. The molecule has 0 amide bonds. The second-order valence-electron chi connectivity index (χ2n) is 5.28. The standard InChI is InChI=1S/C15H19NO3/c17-14(18)15(16-8-10-19-11-9-16)7-3-5-12-4-1-2-6-13(12)15/h1-2,4,6H,3,5,7-11H2,(H,17,18). The minimum Gasteiger partial charge on any atom is -0.480 e. The summed E-state index contributed by atoms with van der Waals surface area (Å²) in [6, 6.07) is 7.99. The van der Waals surface area contributed by atoms with Gasteiger partial charge in [-0.25, -0.2) is 4.79 Å². The van der Waals surface area contributed by atoms with Gasteiger partial charge in [-0.3, -0.25) is 4.90 Å². The van der Waals surface area contributed by atoms with Gasteiger partial charge < -0.3 is 9.84 Å². The number of aryl methyl sites for hydroxylation is 1. The second kappa shape index (κ2) is 4.94. The molecule has 0 radical (unpaired) electrons. The molecule has 1 unspecified atom stereocenters. The summed E-state index contributed by atoms with van der Waals surface area (Å²) in [6.45, 7) is 2.63. The molecular weight excluding hydrogens is 242 g/mol. The summed E-state index contributed by atoms with van der Waals surface area (Å²) in [4.78, 5) is 14.1. The summed E-state index contributed by atoms with van der Waals surface area (Å²) in [5.74, 6) is -0.721. The minimum atomic E-state index is -0.849. The van der Waals surface area contributed by atoms with E-state index in [0.29, 0.717) is 32.7 Å². The van der Waals surface area contributed by atoms with E-state index in [1.165, 1.54) is 5.56 Å². The average molecular weight is 261 g/mol. The van der Waals surface area contributed by atoms with Crippen LogP contribution in [-0.2, 0) is 21.5 Å². The van der Waals surface area contributed by atoms with Gasteiger partial charge in [-0.2, -0.15) is 0 Å². The zero-order valence-electron chi connectivity index (χ0n) is 11.0. The second-order valence-corrected chi connectivity index (χ2v) is 5.28. The Kier molecular flexibility index (Phi) is 3.29. The number of ether oxygens (including phenoxy) is 1. The molecule has 0 saturated carbocycles. The molecule has 2 aliphatic rings. The molecule has 3 rings (SSSR count). The molecule has 0 aromatic heterocycles. The smallest absolute Gasteiger partial charge is 0.328 e. The van der Waals surface area contributed by atoms with Gasteiger partial charge in [-0.05, 0) is 30.4 Å². The van der Waals surface area contributed by atoms with Crippen molar-refractivity contribution in [1.29, 1.82) is 0 Å². The maximum Gasteiger partial charge on any atom is 0.328 e. The molecule has 1 heterocycles. The van der Waals surface area contributed by atoms with Crippen molar-refractivity contribution in [2.75, 3.05) is 26.3 Å². The van der Waals surface area contributed by atoms with Gasteiger partial charge >= 0.3 is 5.97 Å². The van der Waals surface area contributed by atoms with E-state index in [2.05, 4.69) is 11.0 Å². The number of carboxylic acid groups (broad SMARTS) is 1. The first-order valence-electron chi connectivity index (χ1n) is 6.90. The number of carboxylic acids is 1. The summed E-state index contributed by atoms with van der Waals surface area (Å²) < 4.78 is 5.37. The van der Waals surface area contributed by atoms with Gasteiger partial charge in [0.2, 0.25) is 0 Å². The van der Waals surface area contributed by atoms with Crippen LogP contribution in [-0.4, -0.2) is 42.3 Å². The fourth-order valence-electron chi connectivity index (χ4n) is 3.44. The van der Waals surface area contributed by atoms with E-state index in [0.717, 1.165) is 18.4 Å². The van der Waals surface area contributed by atoms with Crippen LogP contribution in [0, 0.1) is 0 Å². The quantitative estimate of drug-likeness (QED) is 0.879. The zero-order chi connectivity index (χ0) is 13.3. The number of nitrogens with zero attached hydrogens (tertiary/aromatic N) is 1. The van der Waals surface area contributed by atoms with Gasteiger partial charge in [-0.1, -0.05) is 24.3 Å². The molecule has 0 spiro atoms. The lowest BCUT2D eigenvalue weighted by Crippen LogP contribution is -2.57. The van der Waals surface area contributed by atoms with E-state index in [1.807, 2.05) is 18.2 Å². The molecule has 4 nitrogen and oxygen atoms in total. The normalized spacial score (nSPS) is 27.8. The number of morpholine rings is 1. The van der Waals surface area contributed by atoms with Crippen LogP contribution in [0.15, 0.2) is 24.3 Å². The zero-order valence-corrected chi connectivity index (χ0v) is 11.0. The summed E-state index contributed by atoms with van der Waals surface area (Å²) >= 11 is 0. The molecule has 102 valence electrons. The largest absolute Gasteiger partial charge is 0.480 e. The van der Waals surface area contributed by atoms with Crippen LogP contribution in [0.3, 0.4) is 0 Å². The van der Waals surface area contributed by atoms with Crippen LogP contribution in [0.1, 0.15) is 24.0 Å². The topological polar surface area (TPSA) is 49.8 Å². The lowest BCUT2D eigenvalue weighted by atomic mass is 9.75. The summed E-state index contributed by atoms with van der Waals surface area (Å²) in [6.07, 6.45) is 2.61.